The average Bonchev–Trinajstić information content (AvgIpc) is 3.35. The van der Waals surface area contributed by atoms with Crippen molar-refractivity contribution in [3.05, 3.63) is 109 Å². The van der Waals surface area contributed by atoms with Crippen molar-refractivity contribution in [3.8, 4) is 0 Å². The van der Waals surface area contributed by atoms with Crippen molar-refractivity contribution >= 4 is 47.8 Å². The van der Waals surface area contributed by atoms with E-state index in [1.165, 1.54) is 153 Å². The smallest absolute Gasteiger partial charge is 0.545 e. The van der Waals surface area contributed by atoms with Crippen LogP contribution in [-0.2, 0) is 9.47 Å². The van der Waals surface area contributed by atoms with Crippen LogP contribution in [0.15, 0.2) is 72.8 Å². The van der Waals surface area contributed by atoms with Crippen LogP contribution in [0.5, 0.6) is 0 Å². The molecule has 9 heteroatoms. The topological polar surface area (TPSA) is 133 Å². The number of hydrogen-bond donors (Lipinski definition) is 0. The van der Waals surface area contributed by atoms with Gasteiger partial charge in [0.2, 0.25) is 0 Å². The Morgan fingerprint density at radius 1 is 0.391 bits per heavy atom. The number of ether oxygens (including phenoxy) is 2. The Bertz CT molecular complexity index is 1410. The van der Waals surface area contributed by atoms with E-state index in [0.717, 1.165) is 77.0 Å². The van der Waals surface area contributed by atoms with Gasteiger partial charge in [0.15, 0.2) is 0 Å². The summed E-state index contributed by atoms with van der Waals surface area (Å²) in [6.45, 7) is 17.1. The summed E-state index contributed by atoms with van der Waals surface area (Å²) in [5.74, 6) is -3.93. The molecule has 2 aromatic rings. The van der Waals surface area contributed by atoms with Crippen LogP contribution in [0.25, 0.3) is 0 Å². The molecule has 0 aromatic heterocycles. The van der Waals surface area contributed by atoms with E-state index < -0.39 is 23.9 Å². The number of benzene rings is 2. The molecule has 0 saturated carbocycles. The van der Waals surface area contributed by atoms with Gasteiger partial charge in [-0.25, -0.2) is 9.59 Å². The molecule has 0 fully saturated rings. The number of aromatic carboxylic acids is 2. The molecule has 2 rings (SSSR count). The third kappa shape index (κ3) is 45.5. The van der Waals surface area contributed by atoms with Crippen LogP contribution in [0.3, 0.4) is 0 Å². The minimum absolute atomic E-state index is 0. The number of unbranched alkanes of at least 4 members (excludes halogenated alkanes) is 26. The summed E-state index contributed by atoms with van der Waals surface area (Å²) >= 11 is 0. The first-order valence-electron chi connectivity index (χ1n) is 27.0. The monoisotopic (exact) mass is 1060 g/mol. The van der Waals surface area contributed by atoms with E-state index in [9.17, 15) is 29.4 Å². The first kappa shape index (κ1) is 69.9. The fraction of sp³-hybridized carbons (Fsp3) is 0.633. The van der Waals surface area contributed by atoms with Gasteiger partial charge in [0, 0.05) is 11.1 Å². The third-order valence-electron chi connectivity index (χ3n) is 11.2. The van der Waals surface area contributed by atoms with E-state index in [4.69, 9.17) is 9.47 Å². The minimum atomic E-state index is -1.36. The Morgan fingerprint density at radius 3 is 0.913 bits per heavy atom. The van der Waals surface area contributed by atoms with Gasteiger partial charge in [-0.2, -0.15) is 0 Å². The quantitative estimate of drug-likeness (QED) is 0.0281. The summed E-state index contributed by atoms with van der Waals surface area (Å²) in [7, 11) is 0. The molecule has 0 aliphatic rings. The van der Waals surface area contributed by atoms with E-state index in [-0.39, 0.29) is 46.2 Å². The Balaban J connectivity index is -0.000000950. The molecule has 4 radical (unpaired) electrons. The van der Waals surface area contributed by atoms with Gasteiger partial charge in [-0.05, 0) is 76.3 Å². The van der Waals surface area contributed by atoms with Crippen molar-refractivity contribution in [1.82, 2.24) is 0 Å². The predicted octanol–water partition coefficient (Wildman–Crippen LogP) is 15.3. The van der Waals surface area contributed by atoms with Gasteiger partial charge in [0.1, 0.15) is 0 Å². The molecule has 0 heterocycles. The van der Waals surface area contributed by atoms with E-state index in [0.29, 0.717) is 13.2 Å². The zero-order chi connectivity index (χ0) is 50.6. The number of carboxylic acid groups (broad SMARTS) is 2. The van der Waals surface area contributed by atoms with E-state index >= 15 is 0 Å². The SMILES string of the molecule is CCCCCC/C=C/CCCCCCOC(=O)c1ccccc1C(=O)[O-].CCCCCC/C=C/CCCCCCOC(=O)c1ccccc1C(=O)[O-].[CH2]CCCCCCC.[CH2]CCCCCCC.[Sn+2]. The van der Waals surface area contributed by atoms with Crippen LogP contribution >= 0.6 is 0 Å². The number of rotatable bonds is 38. The van der Waals surface area contributed by atoms with Crippen molar-refractivity contribution < 1.29 is 38.9 Å². The molecular weight excluding hydrogens is 967 g/mol. The molecule has 0 atom stereocenters. The van der Waals surface area contributed by atoms with Crippen LogP contribution in [-0.4, -0.2) is 61.0 Å². The number of esters is 2. The molecule has 0 N–H and O–H groups in total. The van der Waals surface area contributed by atoms with Gasteiger partial charge in [-0.15, -0.1) is 0 Å². The molecule has 0 bridgehead atoms. The fourth-order valence-electron chi connectivity index (χ4n) is 7.01. The van der Waals surface area contributed by atoms with Crippen LogP contribution in [0.4, 0.5) is 0 Å². The molecule has 0 spiro atoms. The van der Waals surface area contributed by atoms with Gasteiger partial charge in [-0.1, -0.05) is 244 Å². The van der Waals surface area contributed by atoms with E-state index in [2.05, 4.69) is 65.8 Å². The first-order valence-corrected chi connectivity index (χ1v) is 27.0. The Hall–Kier alpha value is -3.40. The molecule has 0 saturated heterocycles. The van der Waals surface area contributed by atoms with Crippen molar-refractivity contribution in [1.29, 1.82) is 0 Å². The number of carboxylic acids is 2. The molecule has 0 unspecified atom stereocenters. The standard InChI is InChI=1S/2C22H32O4.2C8H17.Sn/c2*1-2-3-4-5-6-7-8-9-10-11-12-15-18-26-22(25)20-17-14-13-16-19(20)21(23)24;2*1-3-5-7-8-6-4-2;/h2*7-8,13-14,16-17H,2-6,9-12,15,18H2,1H3,(H,23,24);2*1,3-8H2,2H3;/q;;;;+2/p-2/b2*8-7+;;;. The largest absolute Gasteiger partial charge is 2.00 e. The Kier molecular flexibility index (Phi) is 56.2. The number of allylic oxidation sites excluding steroid dienone is 4. The minimum Gasteiger partial charge on any atom is -0.545 e. The van der Waals surface area contributed by atoms with Crippen molar-refractivity contribution in [2.45, 2.75) is 233 Å². The molecule has 0 aliphatic carbocycles. The fourth-order valence-corrected chi connectivity index (χ4v) is 7.01. The van der Waals surface area contributed by atoms with Crippen LogP contribution in [0, 0.1) is 13.8 Å². The van der Waals surface area contributed by atoms with E-state index in [1.54, 1.807) is 24.3 Å². The van der Waals surface area contributed by atoms with Crippen LogP contribution in [0.1, 0.15) is 275 Å². The Labute approximate surface area is 439 Å². The van der Waals surface area contributed by atoms with Gasteiger partial charge >= 0.3 is 35.8 Å². The summed E-state index contributed by atoms with van der Waals surface area (Å²) in [4.78, 5) is 45.9. The molecule has 0 aliphatic heterocycles. The molecule has 0 amide bonds. The summed E-state index contributed by atoms with van der Waals surface area (Å²) < 4.78 is 10.3. The number of hydrogen-bond acceptors (Lipinski definition) is 8. The molecule has 69 heavy (non-hydrogen) atoms. The predicted molar refractivity (Wildman–Crippen MR) is 287 cm³/mol. The average molecular weight is 1060 g/mol. The van der Waals surface area contributed by atoms with Gasteiger partial charge in [-0.3, -0.25) is 0 Å². The van der Waals surface area contributed by atoms with Gasteiger partial charge in [0.05, 0.1) is 36.3 Å². The van der Waals surface area contributed by atoms with Crippen molar-refractivity contribution in [3.63, 3.8) is 0 Å². The second kappa shape index (κ2) is 55.5. The van der Waals surface area contributed by atoms with Gasteiger partial charge in [0.25, 0.3) is 0 Å². The van der Waals surface area contributed by atoms with Crippen LogP contribution < -0.4 is 10.2 Å². The van der Waals surface area contributed by atoms with Crippen molar-refractivity contribution in [2.24, 2.45) is 0 Å². The molecule has 388 valence electrons. The summed E-state index contributed by atoms with van der Waals surface area (Å²) in [6, 6.07) is 11.9. The maximum Gasteiger partial charge on any atom is 2.00 e. The summed E-state index contributed by atoms with van der Waals surface area (Å²) in [6.07, 6.45) is 48.2. The second-order valence-electron chi connectivity index (χ2n) is 17.5. The zero-order valence-corrected chi connectivity index (χ0v) is 47.0. The molecular formula is C60H96O8Sn. The van der Waals surface area contributed by atoms with Crippen LogP contribution in [0.2, 0.25) is 0 Å². The second-order valence-corrected chi connectivity index (χ2v) is 17.5. The molecule has 8 nitrogen and oxygen atoms in total. The first-order chi connectivity index (χ1) is 33.2. The number of carbonyl (C=O) groups is 4. The summed E-state index contributed by atoms with van der Waals surface area (Å²) in [5, 5.41) is 22.0. The molecule has 2 aromatic carbocycles. The van der Waals surface area contributed by atoms with Gasteiger partial charge < -0.3 is 29.3 Å². The third-order valence-corrected chi connectivity index (χ3v) is 11.2. The maximum absolute atomic E-state index is 11.9. The zero-order valence-electron chi connectivity index (χ0n) is 44.2. The normalized spacial score (nSPS) is 10.5. The Morgan fingerprint density at radius 2 is 0.638 bits per heavy atom. The maximum atomic E-state index is 11.9. The van der Waals surface area contributed by atoms with Crippen molar-refractivity contribution in [2.75, 3.05) is 13.2 Å². The number of carbonyl (C=O) groups excluding carboxylic acids is 4. The van der Waals surface area contributed by atoms with E-state index in [1.807, 2.05) is 0 Å². The summed E-state index contributed by atoms with van der Waals surface area (Å²) in [5.41, 5.74) is -0.147.